The molecule has 0 saturated carbocycles. The minimum Gasteiger partial charge on any atom is -0.497 e. The van der Waals surface area contributed by atoms with Crippen LogP contribution in [-0.2, 0) is 16.7 Å². The Bertz CT molecular complexity index is 1670. The van der Waals surface area contributed by atoms with Gasteiger partial charge in [0.15, 0.2) is 6.54 Å². The van der Waals surface area contributed by atoms with Crippen LogP contribution in [0.4, 0.5) is 5.69 Å². The van der Waals surface area contributed by atoms with Gasteiger partial charge in [0.1, 0.15) is 10.4 Å². The molecule has 2 heterocycles. The van der Waals surface area contributed by atoms with Crippen molar-refractivity contribution in [2.24, 2.45) is 0 Å². The van der Waals surface area contributed by atoms with Crippen LogP contribution in [-0.4, -0.2) is 32.4 Å². The number of allylic oxidation sites excluding steroid dienone is 2. The summed E-state index contributed by atoms with van der Waals surface area (Å²) < 4.78 is 41.0. The molecule has 0 fully saturated rings. The zero-order valence-corrected chi connectivity index (χ0v) is 24.1. The Kier molecular flexibility index (Phi) is 7.81. The average Bonchev–Trinajstić information content (AvgIpc) is 3.44. The van der Waals surface area contributed by atoms with Gasteiger partial charge >= 0.3 is 0 Å². The second-order valence-electron chi connectivity index (χ2n) is 9.10. The van der Waals surface area contributed by atoms with Gasteiger partial charge in [0.2, 0.25) is 5.52 Å². The summed E-state index contributed by atoms with van der Waals surface area (Å²) in [6.07, 6.45) is 5.66. The number of hydrogen-bond acceptors (Lipinski definition) is 6. The summed E-state index contributed by atoms with van der Waals surface area (Å²) in [5, 5.41) is 4.51. The number of aryl methyl sites for hydroxylation is 1. The highest BCUT2D eigenvalue weighted by atomic mass is 32.2. The van der Waals surface area contributed by atoms with Crippen molar-refractivity contribution in [1.82, 2.24) is 0 Å². The molecule has 1 aromatic heterocycles. The highest BCUT2D eigenvalue weighted by Gasteiger charge is 2.26. The molecule has 0 radical (unpaired) electrons. The fourth-order valence-corrected chi connectivity index (χ4v) is 7.67. The number of ether oxygens (including phenoxy) is 1. The quantitative estimate of drug-likeness (QED) is 0.175. The van der Waals surface area contributed by atoms with Gasteiger partial charge in [-0.25, -0.2) is 0 Å². The normalized spacial score (nSPS) is 15.1. The van der Waals surface area contributed by atoms with E-state index in [0.717, 1.165) is 50.4 Å². The lowest BCUT2D eigenvalue weighted by atomic mass is 10.1. The van der Waals surface area contributed by atoms with Gasteiger partial charge in [-0.15, -0.1) is 0 Å². The molecule has 4 aromatic rings. The highest BCUT2D eigenvalue weighted by Crippen LogP contribution is 2.47. The molecule has 0 unspecified atom stereocenters. The zero-order chi connectivity index (χ0) is 26.9. The number of benzene rings is 3. The fraction of sp³-hybridized carbons (Fsp3) is 0.276. The van der Waals surface area contributed by atoms with Gasteiger partial charge in [-0.3, -0.25) is 4.55 Å². The Balaban J connectivity index is 1.58. The molecule has 0 amide bonds. The number of fused-ring (bicyclic) bond motifs is 4. The van der Waals surface area contributed by atoms with Crippen molar-refractivity contribution in [3.8, 4) is 5.75 Å². The Morgan fingerprint density at radius 2 is 1.95 bits per heavy atom. The van der Waals surface area contributed by atoms with Crippen LogP contribution >= 0.6 is 23.1 Å². The van der Waals surface area contributed by atoms with Crippen LogP contribution in [0.2, 0.25) is 0 Å². The Labute approximate surface area is 232 Å². The number of methoxy groups -OCH3 is 1. The summed E-state index contributed by atoms with van der Waals surface area (Å²) in [4.78, 5) is 3.52. The molecule has 0 spiro atoms. The predicted octanol–water partition coefficient (Wildman–Crippen LogP) is 6.90. The minimum atomic E-state index is -4.02. The smallest absolute Gasteiger partial charge is 0.265 e. The van der Waals surface area contributed by atoms with E-state index in [1.54, 1.807) is 30.2 Å². The van der Waals surface area contributed by atoms with Crippen molar-refractivity contribution >= 4 is 66.0 Å². The van der Waals surface area contributed by atoms with Gasteiger partial charge in [0.05, 0.1) is 29.0 Å². The predicted molar refractivity (Wildman–Crippen MR) is 159 cm³/mol. The van der Waals surface area contributed by atoms with Crippen LogP contribution < -0.4 is 14.2 Å². The molecule has 0 aliphatic carbocycles. The summed E-state index contributed by atoms with van der Waals surface area (Å²) in [7, 11) is -2.33. The first-order chi connectivity index (χ1) is 18.3. The van der Waals surface area contributed by atoms with Crippen LogP contribution in [0.3, 0.4) is 0 Å². The Morgan fingerprint density at radius 1 is 1.13 bits per heavy atom. The lowest BCUT2D eigenvalue weighted by Gasteiger charge is -2.18. The molecular formula is C29H31N2O4S3+. The van der Waals surface area contributed by atoms with E-state index >= 15 is 0 Å². The van der Waals surface area contributed by atoms with E-state index < -0.39 is 10.1 Å². The first-order valence-corrected chi connectivity index (χ1v) is 15.9. The molecule has 198 valence electrons. The van der Waals surface area contributed by atoms with Crippen molar-refractivity contribution in [2.45, 2.75) is 38.1 Å². The van der Waals surface area contributed by atoms with E-state index in [1.165, 1.54) is 15.5 Å². The van der Waals surface area contributed by atoms with E-state index in [4.69, 9.17) is 4.74 Å². The third kappa shape index (κ3) is 5.47. The third-order valence-corrected chi connectivity index (χ3v) is 9.69. The molecule has 9 heteroatoms. The molecule has 38 heavy (non-hydrogen) atoms. The molecule has 1 N–H and O–H groups in total. The van der Waals surface area contributed by atoms with Crippen LogP contribution in [0.5, 0.6) is 5.75 Å². The minimum absolute atomic E-state index is 0.264. The lowest BCUT2D eigenvalue weighted by molar-refractivity contribution is -0.667. The number of rotatable bonds is 9. The third-order valence-electron chi connectivity index (χ3n) is 6.68. The zero-order valence-electron chi connectivity index (χ0n) is 21.7. The summed E-state index contributed by atoms with van der Waals surface area (Å²) >= 11 is 3.47. The molecule has 6 nitrogen and oxygen atoms in total. The van der Waals surface area contributed by atoms with Gasteiger partial charge < -0.3 is 9.64 Å². The number of hydrogen-bond donors (Lipinski definition) is 1. The fourth-order valence-electron chi connectivity index (χ4n) is 4.81. The largest absolute Gasteiger partial charge is 0.497 e. The lowest BCUT2D eigenvalue weighted by Crippen LogP contribution is -2.36. The standard InChI is InChI=1S/C29H30N2O4S3/c1-4-20(17-27-30(5-2)24-19-22(35-3)12-14-25(24)36-27)18-28-31(15-8-16-38(32,33)34)29-23-10-7-6-9-21(23)11-13-26(29)37-28/h6-7,9-14,17-19H,4-5,8,15-16H2,1-3H3/p+1. The Hall–Kier alpha value is -2.85. The van der Waals surface area contributed by atoms with Crippen LogP contribution in [0.25, 0.3) is 27.1 Å². The molecular weight excluding hydrogens is 537 g/mol. The number of nitrogens with zero attached hydrogens (tertiary/aromatic N) is 2. The van der Waals surface area contributed by atoms with Gasteiger partial charge in [-0.05, 0) is 54.6 Å². The first kappa shape index (κ1) is 26.7. The second-order valence-corrected chi connectivity index (χ2v) is 12.8. The monoisotopic (exact) mass is 567 g/mol. The molecule has 0 saturated heterocycles. The summed E-state index contributed by atoms with van der Waals surface area (Å²) in [5.74, 6) is 0.582. The molecule has 3 aromatic carbocycles. The Morgan fingerprint density at radius 3 is 2.68 bits per heavy atom. The molecule has 5 rings (SSSR count). The van der Waals surface area contributed by atoms with Crippen LogP contribution in [0.15, 0.2) is 76.2 Å². The van der Waals surface area contributed by atoms with Gasteiger partial charge in [0, 0.05) is 30.0 Å². The van der Waals surface area contributed by atoms with Crippen molar-refractivity contribution < 1.29 is 22.3 Å². The maximum absolute atomic E-state index is 11.4. The van der Waals surface area contributed by atoms with Crippen molar-refractivity contribution in [2.75, 3.05) is 24.3 Å². The first-order valence-electron chi connectivity index (χ1n) is 12.7. The van der Waals surface area contributed by atoms with Crippen molar-refractivity contribution in [3.05, 3.63) is 76.3 Å². The van der Waals surface area contributed by atoms with E-state index in [9.17, 15) is 13.0 Å². The van der Waals surface area contributed by atoms with Gasteiger partial charge in [-0.1, -0.05) is 54.3 Å². The summed E-state index contributed by atoms with van der Waals surface area (Å²) in [5.41, 5.74) is 3.44. The maximum atomic E-state index is 11.4. The number of thiazole rings is 1. The molecule has 0 bridgehead atoms. The number of thioether (sulfide) groups is 1. The SMILES string of the molecule is CCC(=Cc1sc2ccc3ccccc3c2[n+]1CCCS(=O)(=O)O)/C=C1\Sc2ccc(OC)cc2N1CC. The molecule has 1 aliphatic heterocycles. The van der Waals surface area contributed by atoms with Crippen LogP contribution in [0, 0.1) is 0 Å². The average molecular weight is 568 g/mol. The highest BCUT2D eigenvalue weighted by molar-refractivity contribution is 8.03. The van der Waals surface area contributed by atoms with E-state index in [-0.39, 0.29) is 5.75 Å². The van der Waals surface area contributed by atoms with E-state index in [0.29, 0.717) is 13.0 Å². The van der Waals surface area contributed by atoms with Gasteiger partial charge in [0.25, 0.3) is 15.1 Å². The van der Waals surface area contributed by atoms with Crippen molar-refractivity contribution in [3.63, 3.8) is 0 Å². The number of aromatic nitrogens is 1. The van der Waals surface area contributed by atoms with Crippen molar-refractivity contribution in [1.29, 1.82) is 0 Å². The summed E-state index contributed by atoms with van der Waals surface area (Å²) in [6.45, 7) is 5.65. The maximum Gasteiger partial charge on any atom is 0.265 e. The summed E-state index contributed by atoms with van der Waals surface area (Å²) in [6, 6.07) is 18.7. The van der Waals surface area contributed by atoms with E-state index in [1.807, 2.05) is 18.2 Å². The van der Waals surface area contributed by atoms with Gasteiger partial charge in [-0.2, -0.15) is 13.0 Å². The molecule has 1 aliphatic rings. The number of anilines is 1. The van der Waals surface area contributed by atoms with E-state index in [2.05, 4.69) is 71.9 Å². The second kappa shape index (κ2) is 11.1. The molecule has 0 atom stereocenters. The van der Waals surface area contributed by atoms with Crippen LogP contribution in [0.1, 0.15) is 31.7 Å². The topological polar surface area (TPSA) is 70.7 Å².